The lowest BCUT2D eigenvalue weighted by Gasteiger charge is -2.32. The maximum absolute atomic E-state index is 12.1. The molecule has 2 aliphatic rings. The molecule has 2 rings (SSSR count). The summed E-state index contributed by atoms with van der Waals surface area (Å²) in [7, 11) is 0. The highest BCUT2D eigenvalue weighted by atomic mass is 16.2. The summed E-state index contributed by atoms with van der Waals surface area (Å²) >= 11 is 0. The predicted molar refractivity (Wildman–Crippen MR) is 65.2 cm³/mol. The molecule has 1 amide bonds. The van der Waals surface area contributed by atoms with Gasteiger partial charge in [0.05, 0.1) is 0 Å². The largest absolute Gasteiger partial charge is 0.343 e. The summed E-state index contributed by atoms with van der Waals surface area (Å²) < 4.78 is 0. The second-order valence-corrected chi connectivity index (χ2v) is 5.46. The van der Waals surface area contributed by atoms with Gasteiger partial charge in [-0.3, -0.25) is 4.79 Å². The Hall–Kier alpha value is -0.570. The first-order valence-electron chi connectivity index (χ1n) is 6.74. The lowest BCUT2D eigenvalue weighted by atomic mass is 9.93. The Labute approximate surface area is 98.6 Å². The molecule has 2 aliphatic heterocycles. The van der Waals surface area contributed by atoms with E-state index in [4.69, 9.17) is 0 Å². The summed E-state index contributed by atoms with van der Waals surface area (Å²) in [6.07, 6.45) is 5.53. The summed E-state index contributed by atoms with van der Waals surface area (Å²) in [6, 6.07) is 0. The van der Waals surface area contributed by atoms with Crippen molar-refractivity contribution in [1.82, 2.24) is 10.2 Å². The standard InChI is InChI=1S/C13H24N2O/c1-11-4-8-15(9-5-11)13(16)10-12-2-6-14-7-3-12/h11-12,14H,2-10H2,1H3. The van der Waals surface area contributed by atoms with Gasteiger partial charge in [-0.25, -0.2) is 0 Å². The third kappa shape index (κ3) is 3.21. The van der Waals surface area contributed by atoms with E-state index in [-0.39, 0.29) is 0 Å². The topological polar surface area (TPSA) is 32.3 Å². The fraction of sp³-hybridized carbons (Fsp3) is 0.923. The van der Waals surface area contributed by atoms with Crippen molar-refractivity contribution in [2.75, 3.05) is 26.2 Å². The van der Waals surface area contributed by atoms with E-state index in [0.29, 0.717) is 11.8 Å². The van der Waals surface area contributed by atoms with Crippen LogP contribution in [-0.2, 0) is 4.79 Å². The third-order valence-corrected chi connectivity index (χ3v) is 4.06. The zero-order valence-corrected chi connectivity index (χ0v) is 10.4. The molecule has 0 aliphatic carbocycles. The van der Waals surface area contributed by atoms with E-state index in [2.05, 4.69) is 17.1 Å². The average molecular weight is 224 g/mol. The van der Waals surface area contributed by atoms with Crippen LogP contribution in [0.15, 0.2) is 0 Å². The molecule has 2 saturated heterocycles. The fourth-order valence-corrected chi connectivity index (χ4v) is 2.72. The number of piperidine rings is 2. The smallest absolute Gasteiger partial charge is 0.222 e. The quantitative estimate of drug-likeness (QED) is 0.773. The van der Waals surface area contributed by atoms with Crippen LogP contribution in [0.1, 0.15) is 39.0 Å². The molecule has 0 unspecified atom stereocenters. The van der Waals surface area contributed by atoms with Crippen LogP contribution in [0.5, 0.6) is 0 Å². The minimum atomic E-state index is 0.402. The van der Waals surface area contributed by atoms with Crippen LogP contribution in [0.4, 0.5) is 0 Å². The maximum Gasteiger partial charge on any atom is 0.222 e. The van der Waals surface area contributed by atoms with Gasteiger partial charge in [0.2, 0.25) is 5.91 Å². The van der Waals surface area contributed by atoms with Gasteiger partial charge in [0.1, 0.15) is 0 Å². The number of hydrogen-bond acceptors (Lipinski definition) is 2. The van der Waals surface area contributed by atoms with Crippen molar-refractivity contribution in [1.29, 1.82) is 0 Å². The van der Waals surface area contributed by atoms with Crippen LogP contribution >= 0.6 is 0 Å². The van der Waals surface area contributed by atoms with E-state index in [0.717, 1.165) is 38.5 Å². The first-order valence-corrected chi connectivity index (χ1v) is 6.74. The van der Waals surface area contributed by atoms with Gasteiger partial charge in [-0.1, -0.05) is 6.92 Å². The molecule has 0 spiro atoms. The number of carbonyl (C=O) groups is 1. The fourth-order valence-electron chi connectivity index (χ4n) is 2.72. The molecule has 0 aromatic heterocycles. The van der Waals surface area contributed by atoms with Gasteiger partial charge in [-0.2, -0.15) is 0 Å². The Bertz CT molecular complexity index is 228. The van der Waals surface area contributed by atoms with Gasteiger partial charge in [-0.05, 0) is 50.6 Å². The summed E-state index contributed by atoms with van der Waals surface area (Å²) in [6.45, 7) is 6.45. The number of hydrogen-bond donors (Lipinski definition) is 1. The minimum absolute atomic E-state index is 0.402. The van der Waals surface area contributed by atoms with Gasteiger partial charge in [0.25, 0.3) is 0 Å². The molecule has 2 heterocycles. The summed E-state index contributed by atoms with van der Waals surface area (Å²) in [4.78, 5) is 14.2. The number of amides is 1. The highest BCUT2D eigenvalue weighted by molar-refractivity contribution is 5.76. The second kappa shape index (κ2) is 5.67. The van der Waals surface area contributed by atoms with E-state index in [1.165, 1.54) is 25.7 Å². The van der Waals surface area contributed by atoms with E-state index in [1.807, 2.05) is 0 Å². The van der Waals surface area contributed by atoms with Gasteiger partial charge in [0, 0.05) is 19.5 Å². The van der Waals surface area contributed by atoms with Gasteiger partial charge < -0.3 is 10.2 Å². The lowest BCUT2D eigenvalue weighted by Crippen LogP contribution is -2.39. The van der Waals surface area contributed by atoms with Crippen LogP contribution in [0.3, 0.4) is 0 Å². The molecular weight excluding hydrogens is 200 g/mol. The molecule has 16 heavy (non-hydrogen) atoms. The Kier molecular flexibility index (Phi) is 4.22. The van der Waals surface area contributed by atoms with E-state index >= 15 is 0 Å². The monoisotopic (exact) mass is 224 g/mol. The molecule has 92 valence electrons. The predicted octanol–water partition coefficient (Wildman–Crippen LogP) is 1.63. The number of rotatable bonds is 2. The number of likely N-dealkylation sites (tertiary alicyclic amines) is 1. The molecule has 0 atom stereocenters. The van der Waals surface area contributed by atoms with Crippen molar-refractivity contribution in [2.24, 2.45) is 11.8 Å². The Morgan fingerprint density at radius 1 is 1.19 bits per heavy atom. The number of nitrogens with zero attached hydrogens (tertiary/aromatic N) is 1. The molecular formula is C13H24N2O. The van der Waals surface area contributed by atoms with Crippen LogP contribution in [0.2, 0.25) is 0 Å². The van der Waals surface area contributed by atoms with Crippen molar-refractivity contribution < 1.29 is 4.79 Å². The summed E-state index contributed by atoms with van der Waals surface area (Å²) in [5, 5.41) is 3.35. The van der Waals surface area contributed by atoms with Gasteiger partial charge in [-0.15, -0.1) is 0 Å². The Morgan fingerprint density at radius 3 is 2.44 bits per heavy atom. The molecule has 3 nitrogen and oxygen atoms in total. The van der Waals surface area contributed by atoms with Crippen molar-refractivity contribution in [3.05, 3.63) is 0 Å². The van der Waals surface area contributed by atoms with Crippen molar-refractivity contribution in [3.63, 3.8) is 0 Å². The minimum Gasteiger partial charge on any atom is -0.343 e. The summed E-state index contributed by atoms with van der Waals surface area (Å²) in [5.74, 6) is 1.84. The molecule has 0 saturated carbocycles. The second-order valence-electron chi connectivity index (χ2n) is 5.46. The number of nitrogens with one attached hydrogen (secondary N) is 1. The van der Waals surface area contributed by atoms with Gasteiger partial charge in [0.15, 0.2) is 0 Å². The van der Waals surface area contributed by atoms with E-state index in [9.17, 15) is 4.79 Å². The molecule has 1 N–H and O–H groups in total. The van der Waals surface area contributed by atoms with Crippen LogP contribution in [0.25, 0.3) is 0 Å². The lowest BCUT2D eigenvalue weighted by molar-refractivity contribution is -0.133. The number of carbonyl (C=O) groups excluding carboxylic acids is 1. The first kappa shape index (κ1) is 11.9. The zero-order valence-electron chi connectivity index (χ0n) is 10.4. The van der Waals surface area contributed by atoms with Gasteiger partial charge >= 0.3 is 0 Å². The summed E-state index contributed by atoms with van der Waals surface area (Å²) in [5.41, 5.74) is 0. The van der Waals surface area contributed by atoms with Crippen molar-refractivity contribution in [2.45, 2.75) is 39.0 Å². The van der Waals surface area contributed by atoms with Crippen LogP contribution in [-0.4, -0.2) is 37.0 Å². The zero-order chi connectivity index (χ0) is 11.4. The van der Waals surface area contributed by atoms with Crippen LogP contribution < -0.4 is 5.32 Å². The molecule has 0 aromatic rings. The maximum atomic E-state index is 12.1. The molecule has 0 radical (unpaired) electrons. The normalized spacial score (nSPS) is 24.7. The highest BCUT2D eigenvalue weighted by Crippen LogP contribution is 2.21. The van der Waals surface area contributed by atoms with Crippen molar-refractivity contribution >= 4 is 5.91 Å². The van der Waals surface area contributed by atoms with E-state index < -0.39 is 0 Å². The molecule has 2 fully saturated rings. The van der Waals surface area contributed by atoms with Crippen LogP contribution in [0, 0.1) is 11.8 Å². The highest BCUT2D eigenvalue weighted by Gasteiger charge is 2.23. The first-order chi connectivity index (χ1) is 7.75. The molecule has 0 bridgehead atoms. The molecule has 3 heteroatoms. The van der Waals surface area contributed by atoms with E-state index in [1.54, 1.807) is 0 Å². The average Bonchev–Trinajstić information content (AvgIpc) is 2.31. The third-order valence-electron chi connectivity index (χ3n) is 4.06. The SMILES string of the molecule is CC1CCN(C(=O)CC2CCNCC2)CC1. The Morgan fingerprint density at radius 2 is 1.81 bits per heavy atom. The van der Waals surface area contributed by atoms with Crippen molar-refractivity contribution in [3.8, 4) is 0 Å². The Balaban J connectivity index is 1.74. The molecule has 0 aromatic carbocycles.